The maximum Gasteiger partial charge on any atom is 0.248 e. The molecule has 0 aliphatic carbocycles. The third-order valence-electron chi connectivity index (χ3n) is 2.69. The Morgan fingerprint density at radius 3 is 2.37 bits per heavy atom. The molecule has 2 rings (SSSR count). The van der Waals surface area contributed by atoms with Gasteiger partial charge < -0.3 is 11.5 Å². The van der Waals surface area contributed by atoms with E-state index < -0.39 is 5.91 Å². The molecule has 0 saturated carbocycles. The van der Waals surface area contributed by atoms with Gasteiger partial charge in [0, 0.05) is 17.7 Å². The van der Waals surface area contributed by atoms with Gasteiger partial charge in [-0.1, -0.05) is 0 Å². The van der Waals surface area contributed by atoms with Gasteiger partial charge in [0.15, 0.2) is 5.82 Å². The highest BCUT2D eigenvalue weighted by atomic mass is 35.5. The molecule has 0 aliphatic heterocycles. The Morgan fingerprint density at radius 1 is 1.21 bits per heavy atom. The first-order chi connectivity index (χ1) is 9.17. The molecule has 0 aliphatic rings. The van der Waals surface area contributed by atoms with Gasteiger partial charge in [0.1, 0.15) is 5.82 Å². The van der Waals surface area contributed by atoms with Gasteiger partial charge in [-0.15, -0.1) is 21.8 Å². The average Bonchev–Trinajstić information content (AvgIpc) is 2.82. The zero-order valence-electron chi connectivity index (χ0n) is 10.2. The maximum atomic E-state index is 11.0. The van der Waals surface area contributed by atoms with Crippen LogP contribution in [0, 0.1) is 0 Å². The van der Waals surface area contributed by atoms with E-state index in [1.165, 1.54) is 0 Å². The third-order valence-corrected chi connectivity index (χ3v) is 2.93. The van der Waals surface area contributed by atoms with Crippen molar-refractivity contribution in [1.82, 2.24) is 14.8 Å². The van der Waals surface area contributed by atoms with Crippen molar-refractivity contribution in [1.29, 1.82) is 0 Å². The number of halogens is 1. The summed E-state index contributed by atoms with van der Waals surface area (Å²) in [5, 5.41) is 8.09. The average molecular weight is 280 g/mol. The van der Waals surface area contributed by atoms with Gasteiger partial charge in [0.05, 0.1) is 5.88 Å². The molecule has 4 N–H and O–H groups in total. The maximum absolute atomic E-state index is 11.0. The van der Waals surface area contributed by atoms with Crippen LogP contribution in [0.25, 0.3) is 5.69 Å². The number of aromatic nitrogens is 3. The molecular weight excluding hydrogens is 266 g/mol. The van der Waals surface area contributed by atoms with Crippen LogP contribution in [-0.4, -0.2) is 27.2 Å². The monoisotopic (exact) mass is 279 g/mol. The molecule has 0 bridgehead atoms. The van der Waals surface area contributed by atoms with Crippen LogP contribution < -0.4 is 11.5 Å². The lowest BCUT2D eigenvalue weighted by Crippen LogP contribution is -2.12. The largest absolute Gasteiger partial charge is 0.366 e. The molecule has 0 saturated heterocycles. The second kappa shape index (κ2) is 5.81. The molecule has 1 heterocycles. The van der Waals surface area contributed by atoms with Crippen LogP contribution in [0.1, 0.15) is 22.0 Å². The van der Waals surface area contributed by atoms with Crippen LogP contribution in [0.4, 0.5) is 0 Å². The second-order valence-corrected chi connectivity index (χ2v) is 4.22. The van der Waals surface area contributed by atoms with Gasteiger partial charge in [-0.25, -0.2) is 0 Å². The fourth-order valence-corrected chi connectivity index (χ4v) is 1.98. The Balaban J connectivity index is 2.44. The summed E-state index contributed by atoms with van der Waals surface area (Å²) in [6.07, 6.45) is 0.599. The molecule has 0 fully saturated rings. The first-order valence-corrected chi connectivity index (χ1v) is 6.30. The minimum absolute atomic E-state index is 0.245. The first kappa shape index (κ1) is 13.5. The molecule has 19 heavy (non-hydrogen) atoms. The van der Waals surface area contributed by atoms with Crippen molar-refractivity contribution in [2.45, 2.75) is 12.3 Å². The van der Waals surface area contributed by atoms with Crippen molar-refractivity contribution in [2.24, 2.45) is 11.5 Å². The van der Waals surface area contributed by atoms with Gasteiger partial charge in [-0.3, -0.25) is 9.36 Å². The second-order valence-electron chi connectivity index (χ2n) is 3.95. The molecule has 0 atom stereocenters. The van der Waals surface area contributed by atoms with Gasteiger partial charge in [-0.2, -0.15) is 0 Å². The van der Waals surface area contributed by atoms with Crippen molar-refractivity contribution in [3.8, 4) is 5.69 Å². The number of primary amides is 1. The predicted octanol–water partition coefficient (Wildman–Crippen LogP) is 0.606. The summed E-state index contributed by atoms with van der Waals surface area (Å²) in [6, 6.07) is 6.86. The van der Waals surface area contributed by atoms with Gasteiger partial charge >= 0.3 is 0 Å². The summed E-state index contributed by atoms with van der Waals surface area (Å²) in [6.45, 7) is 0.472. The van der Waals surface area contributed by atoms with Crippen LogP contribution in [0.15, 0.2) is 24.3 Å². The number of hydrogen-bond acceptors (Lipinski definition) is 4. The summed E-state index contributed by atoms with van der Waals surface area (Å²) in [5.74, 6) is 1.16. The van der Waals surface area contributed by atoms with E-state index in [9.17, 15) is 4.79 Å². The number of hydrogen-bond donors (Lipinski definition) is 2. The Bertz CT molecular complexity index is 578. The van der Waals surface area contributed by atoms with E-state index in [1.54, 1.807) is 24.3 Å². The number of amides is 1. The SMILES string of the molecule is NCCc1nnc(CCl)n1-c1ccc(C(N)=O)cc1. The summed E-state index contributed by atoms with van der Waals surface area (Å²) in [5.41, 5.74) is 12.0. The first-order valence-electron chi connectivity index (χ1n) is 5.76. The molecule has 2 aromatic rings. The Labute approximate surface area is 115 Å². The number of nitrogens with two attached hydrogens (primary N) is 2. The number of benzene rings is 1. The Hall–Kier alpha value is -1.92. The van der Waals surface area contributed by atoms with Crippen LogP contribution in [0.5, 0.6) is 0 Å². The van der Waals surface area contributed by atoms with E-state index in [0.29, 0.717) is 24.4 Å². The minimum Gasteiger partial charge on any atom is -0.366 e. The molecule has 1 amide bonds. The van der Waals surface area contributed by atoms with Gasteiger partial charge in [-0.05, 0) is 30.8 Å². The van der Waals surface area contributed by atoms with E-state index in [0.717, 1.165) is 11.5 Å². The van der Waals surface area contributed by atoms with E-state index in [4.69, 9.17) is 23.1 Å². The van der Waals surface area contributed by atoms with Crippen molar-refractivity contribution in [3.63, 3.8) is 0 Å². The van der Waals surface area contributed by atoms with Crippen molar-refractivity contribution in [2.75, 3.05) is 6.54 Å². The topological polar surface area (TPSA) is 99.8 Å². The smallest absolute Gasteiger partial charge is 0.248 e. The molecule has 0 radical (unpaired) electrons. The zero-order valence-corrected chi connectivity index (χ0v) is 11.0. The normalized spacial score (nSPS) is 10.6. The zero-order chi connectivity index (χ0) is 13.8. The van der Waals surface area contributed by atoms with Crippen LogP contribution >= 0.6 is 11.6 Å². The Kier molecular flexibility index (Phi) is 4.13. The fraction of sp³-hybridized carbons (Fsp3) is 0.250. The molecule has 7 heteroatoms. The molecule has 1 aromatic heterocycles. The lowest BCUT2D eigenvalue weighted by molar-refractivity contribution is 0.100. The summed E-state index contributed by atoms with van der Waals surface area (Å²) >= 11 is 5.85. The highest BCUT2D eigenvalue weighted by Gasteiger charge is 2.12. The standard InChI is InChI=1S/C12H14ClN5O/c13-7-11-17-16-10(5-6-14)18(11)9-3-1-8(2-4-9)12(15)19/h1-4H,5-7,14H2,(H2,15,19). The summed E-state index contributed by atoms with van der Waals surface area (Å²) in [4.78, 5) is 11.0. The van der Waals surface area contributed by atoms with Gasteiger partial charge in [0.25, 0.3) is 0 Å². The van der Waals surface area contributed by atoms with E-state index in [-0.39, 0.29) is 5.88 Å². The molecule has 1 aromatic carbocycles. The number of carbonyl (C=O) groups is 1. The van der Waals surface area contributed by atoms with Crippen LogP contribution in [0.3, 0.4) is 0 Å². The number of carbonyl (C=O) groups excluding carboxylic acids is 1. The van der Waals surface area contributed by atoms with Gasteiger partial charge in [0.2, 0.25) is 5.91 Å². The van der Waals surface area contributed by atoms with E-state index in [2.05, 4.69) is 10.2 Å². The molecule has 100 valence electrons. The number of alkyl halides is 1. The molecule has 6 nitrogen and oxygen atoms in total. The van der Waals surface area contributed by atoms with Crippen LogP contribution in [0.2, 0.25) is 0 Å². The quantitative estimate of drug-likeness (QED) is 0.783. The Morgan fingerprint density at radius 2 is 1.84 bits per heavy atom. The van der Waals surface area contributed by atoms with Crippen LogP contribution in [-0.2, 0) is 12.3 Å². The molecule has 0 spiro atoms. The minimum atomic E-state index is -0.463. The third kappa shape index (κ3) is 2.74. The predicted molar refractivity (Wildman–Crippen MR) is 72.2 cm³/mol. The summed E-state index contributed by atoms with van der Waals surface area (Å²) < 4.78 is 1.84. The number of nitrogens with zero attached hydrogens (tertiary/aromatic N) is 3. The van der Waals surface area contributed by atoms with Crippen molar-refractivity contribution in [3.05, 3.63) is 41.5 Å². The number of rotatable bonds is 5. The van der Waals surface area contributed by atoms with E-state index in [1.807, 2.05) is 4.57 Å². The van der Waals surface area contributed by atoms with Crippen molar-refractivity contribution >= 4 is 17.5 Å². The highest BCUT2D eigenvalue weighted by molar-refractivity contribution is 6.16. The molecular formula is C12H14ClN5O. The lowest BCUT2D eigenvalue weighted by atomic mass is 10.2. The van der Waals surface area contributed by atoms with Crippen molar-refractivity contribution < 1.29 is 4.79 Å². The highest BCUT2D eigenvalue weighted by Crippen LogP contribution is 2.16. The lowest BCUT2D eigenvalue weighted by Gasteiger charge is -2.09. The molecule has 0 unspecified atom stereocenters. The van der Waals surface area contributed by atoms with E-state index >= 15 is 0 Å². The fourth-order valence-electron chi connectivity index (χ4n) is 1.80. The summed E-state index contributed by atoms with van der Waals surface area (Å²) in [7, 11) is 0.